The van der Waals surface area contributed by atoms with Gasteiger partial charge in [-0.15, -0.1) is 11.3 Å². The first-order valence-corrected chi connectivity index (χ1v) is 6.06. The highest BCUT2D eigenvalue weighted by molar-refractivity contribution is 7.14. The van der Waals surface area contributed by atoms with Crippen LogP contribution in [0.15, 0.2) is 12.1 Å². The van der Waals surface area contributed by atoms with E-state index in [1.165, 1.54) is 16.2 Å². The fourth-order valence-corrected chi connectivity index (χ4v) is 2.04. The number of nitrogens with zero attached hydrogens (tertiary/aromatic N) is 1. The molecule has 0 bridgehead atoms. The van der Waals surface area contributed by atoms with Crippen molar-refractivity contribution < 1.29 is 15.0 Å². The molecule has 5 heteroatoms. The Morgan fingerprint density at radius 3 is 2.82 bits per heavy atom. The molecule has 0 aliphatic heterocycles. The summed E-state index contributed by atoms with van der Waals surface area (Å²) < 4.78 is 0. The number of carbonyl (C=O) groups is 1. The fourth-order valence-electron chi connectivity index (χ4n) is 1.17. The predicted molar refractivity (Wildman–Crippen MR) is 66.9 cm³/mol. The summed E-state index contributed by atoms with van der Waals surface area (Å²) in [5.74, 6) is 5.57. The number of thiophene rings is 1. The molecule has 0 unspecified atom stereocenters. The second-order valence-corrected chi connectivity index (χ2v) is 4.47. The predicted octanol–water partition coefficient (Wildman–Crippen LogP) is 0.546. The van der Waals surface area contributed by atoms with E-state index < -0.39 is 0 Å². The Kier molecular flexibility index (Phi) is 5.70. The average Bonchev–Trinajstić information content (AvgIpc) is 2.77. The van der Waals surface area contributed by atoms with Crippen LogP contribution in [0.1, 0.15) is 21.0 Å². The van der Waals surface area contributed by atoms with E-state index in [4.69, 9.17) is 10.2 Å². The summed E-state index contributed by atoms with van der Waals surface area (Å²) in [6.45, 7) is 0.322. The molecule has 4 nitrogen and oxygen atoms in total. The number of hydrogen-bond acceptors (Lipinski definition) is 4. The number of amides is 1. The highest BCUT2D eigenvalue weighted by Gasteiger charge is 2.12. The maximum atomic E-state index is 11.8. The molecule has 0 saturated carbocycles. The van der Waals surface area contributed by atoms with Crippen LogP contribution in [-0.4, -0.2) is 47.8 Å². The minimum absolute atomic E-state index is 0.0449. The van der Waals surface area contributed by atoms with Crippen LogP contribution in [0, 0.1) is 11.8 Å². The summed E-state index contributed by atoms with van der Waals surface area (Å²) in [6.07, 6.45) is 0.436. The Labute approximate surface area is 105 Å². The Bertz CT molecular complexity index is 430. The summed E-state index contributed by atoms with van der Waals surface area (Å²) in [5.41, 5.74) is 0. The van der Waals surface area contributed by atoms with E-state index >= 15 is 0 Å². The maximum Gasteiger partial charge on any atom is 0.263 e. The number of rotatable bonds is 4. The minimum atomic E-state index is -0.112. The maximum absolute atomic E-state index is 11.8. The molecule has 0 radical (unpaired) electrons. The lowest BCUT2D eigenvalue weighted by Gasteiger charge is -2.13. The van der Waals surface area contributed by atoms with E-state index in [9.17, 15) is 4.79 Å². The number of carbonyl (C=O) groups excluding carboxylic acids is 1. The first-order valence-electron chi connectivity index (χ1n) is 5.25. The first kappa shape index (κ1) is 13.7. The molecule has 1 rings (SSSR count). The lowest BCUT2D eigenvalue weighted by molar-refractivity contribution is 0.0771. The molecule has 1 aromatic heterocycles. The van der Waals surface area contributed by atoms with E-state index in [1.807, 2.05) is 0 Å². The van der Waals surface area contributed by atoms with E-state index in [2.05, 4.69) is 11.8 Å². The smallest absolute Gasteiger partial charge is 0.263 e. The second-order valence-electron chi connectivity index (χ2n) is 3.39. The van der Waals surface area contributed by atoms with Gasteiger partial charge >= 0.3 is 0 Å². The SMILES string of the molecule is CN(CCO)C(=O)c1ccc(C#CCCO)s1. The van der Waals surface area contributed by atoms with Crippen LogP contribution < -0.4 is 0 Å². The second kappa shape index (κ2) is 7.07. The van der Waals surface area contributed by atoms with Crippen molar-refractivity contribution in [3.8, 4) is 11.8 Å². The van der Waals surface area contributed by atoms with Gasteiger partial charge in [0.1, 0.15) is 0 Å². The van der Waals surface area contributed by atoms with E-state index in [0.717, 1.165) is 4.88 Å². The molecule has 2 N–H and O–H groups in total. The monoisotopic (exact) mass is 253 g/mol. The van der Waals surface area contributed by atoms with Gasteiger partial charge in [-0.2, -0.15) is 0 Å². The molecule has 0 atom stereocenters. The van der Waals surface area contributed by atoms with Crippen LogP contribution in [0.2, 0.25) is 0 Å². The largest absolute Gasteiger partial charge is 0.395 e. The molecule has 0 fully saturated rings. The highest BCUT2D eigenvalue weighted by atomic mass is 32.1. The quantitative estimate of drug-likeness (QED) is 0.770. The Balaban J connectivity index is 2.68. The third-order valence-electron chi connectivity index (χ3n) is 2.05. The van der Waals surface area contributed by atoms with Crippen LogP contribution in [0.5, 0.6) is 0 Å². The zero-order valence-electron chi connectivity index (χ0n) is 9.64. The number of aliphatic hydroxyl groups is 2. The molecule has 1 aromatic rings. The summed E-state index contributed by atoms with van der Waals surface area (Å²) in [5, 5.41) is 17.3. The van der Waals surface area contributed by atoms with Crippen molar-refractivity contribution >= 4 is 17.2 Å². The Hall–Kier alpha value is -1.35. The van der Waals surface area contributed by atoms with Gasteiger partial charge in [0, 0.05) is 20.0 Å². The number of hydrogen-bond donors (Lipinski definition) is 2. The van der Waals surface area contributed by atoms with Gasteiger partial charge in [-0.1, -0.05) is 11.8 Å². The van der Waals surface area contributed by atoms with Crippen molar-refractivity contribution in [1.29, 1.82) is 0 Å². The van der Waals surface area contributed by atoms with Crippen molar-refractivity contribution in [2.75, 3.05) is 26.8 Å². The van der Waals surface area contributed by atoms with Crippen LogP contribution in [-0.2, 0) is 0 Å². The first-order chi connectivity index (χ1) is 8.19. The molecule has 92 valence electrons. The van der Waals surface area contributed by atoms with E-state index in [0.29, 0.717) is 17.8 Å². The van der Waals surface area contributed by atoms with Gasteiger partial charge in [0.25, 0.3) is 5.91 Å². The molecule has 0 aromatic carbocycles. The van der Waals surface area contributed by atoms with Gasteiger partial charge in [-0.05, 0) is 12.1 Å². The molecule has 0 aliphatic rings. The van der Waals surface area contributed by atoms with Gasteiger partial charge in [0.15, 0.2) is 0 Å². The van der Waals surface area contributed by atoms with Crippen LogP contribution in [0.25, 0.3) is 0 Å². The van der Waals surface area contributed by atoms with E-state index in [-0.39, 0.29) is 19.1 Å². The van der Waals surface area contributed by atoms with Crippen molar-refractivity contribution in [2.45, 2.75) is 6.42 Å². The molecule has 1 amide bonds. The van der Waals surface area contributed by atoms with Crippen molar-refractivity contribution in [3.63, 3.8) is 0 Å². The molecule has 0 saturated heterocycles. The molecular weight excluding hydrogens is 238 g/mol. The Morgan fingerprint density at radius 1 is 1.41 bits per heavy atom. The normalized spacial score (nSPS) is 9.59. The molecule has 1 heterocycles. The zero-order valence-corrected chi connectivity index (χ0v) is 10.5. The lowest BCUT2D eigenvalue weighted by Crippen LogP contribution is -2.28. The Morgan fingerprint density at radius 2 is 2.18 bits per heavy atom. The fraction of sp³-hybridized carbons (Fsp3) is 0.417. The minimum Gasteiger partial charge on any atom is -0.395 e. The molecule has 0 aliphatic carbocycles. The molecular formula is C12H15NO3S. The highest BCUT2D eigenvalue weighted by Crippen LogP contribution is 2.16. The van der Waals surface area contributed by atoms with Gasteiger partial charge < -0.3 is 15.1 Å². The van der Waals surface area contributed by atoms with Gasteiger partial charge in [-0.3, -0.25) is 4.79 Å². The summed E-state index contributed by atoms with van der Waals surface area (Å²) in [7, 11) is 1.65. The summed E-state index contributed by atoms with van der Waals surface area (Å²) in [6, 6.07) is 3.51. The van der Waals surface area contributed by atoms with Gasteiger partial charge in [0.2, 0.25) is 0 Å². The van der Waals surface area contributed by atoms with Crippen LogP contribution >= 0.6 is 11.3 Å². The third kappa shape index (κ3) is 4.19. The van der Waals surface area contributed by atoms with E-state index in [1.54, 1.807) is 19.2 Å². The summed E-state index contributed by atoms with van der Waals surface area (Å²) in [4.78, 5) is 14.7. The third-order valence-corrected chi connectivity index (χ3v) is 3.04. The van der Waals surface area contributed by atoms with Crippen molar-refractivity contribution in [3.05, 3.63) is 21.9 Å². The van der Waals surface area contributed by atoms with Gasteiger partial charge in [-0.25, -0.2) is 0 Å². The lowest BCUT2D eigenvalue weighted by atomic mass is 10.3. The van der Waals surface area contributed by atoms with Crippen LogP contribution in [0.3, 0.4) is 0 Å². The average molecular weight is 253 g/mol. The molecule has 17 heavy (non-hydrogen) atoms. The van der Waals surface area contributed by atoms with Gasteiger partial charge in [0.05, 0.1) is 23.0 Å². The zero-order chi connectivity index (χ0) is 12.7. The topological polar surface area (TPSA) is 60.8 Å². The number of likely N-dealkylation sites (N-methyl/N-ethyl adjacent to an activating group) is 1. The van der Waals surface area contributed by atoms with Crippen molar-refractivity contribution in [2.24, 2.45) is 0 Å². The van der Waals surface area contributed by atoms with Crippen LogP contribution in [0.4, 0.5) is 0 Å². The van der Waals surface area contributed by atoms with Crippen molar-refractivity contribution in [1.82, 2.24) is 4.90 Å². The summed E-state index contributed by atoms with van der Waals surface area (Å²) >= 11 is 1.32. The standard InChI is InChI=1S/C12H15NO3S/c1-13(7-9-15)12(16)11-6-5-10(17-11)4-2-3-8-14/h5-6,14-15H,3,7-9H2,1H3. The molecule has 0 spiro atoms. The number of aliphatic hydroxyl groups excluding tert-OH is 2.